The normalized spacial score (nSPS) is 14.8. The lowest BCUT2D eigenvalue weighted by atomic mass is 9.99. The molecule has 1 aromatic carbocycles. The van der Waals surface area contributed by atoms with E-state index in [0.29, 0.717) is 19.8 Å². The van der Waals surface area contributed by atoms with Gasteiger partial charge in [-0.2, -0.15) is 0 Å². The Labute approximate surface area is 120 Å². The topological polar surface area (TPSA) is 38.8 Å². The Kier molecular flexibility index (Phi) is 5.56. The fourth-order valence-corrected chi connectivity index (χ4v) is 2.54. The van der Waals surface area contributed by atoms with E-state index in [1.807, 2.05) is 43.0 Å². The van der Waals surface area contributed by atoms with Crippen LogP contribution in [0.2, 0.25) is 0 Å². The molecule has 1 heterocycles. The molecule has 0 unspecified atom stereocenters. The molecule has 1 aliphatic heterocycles. The van der Waals surface area contributed by atoms with Crippen molar-refractivity contribution in [2.24, 2.45) is 0 Å². The number of benzene rings is 1. The highest BCUT2D eigenvalue weighted by molar-refractivity contribution is 5.96. The van der Waals surface area contributed by atoms with E-state index in [1.165, 1.54) is 0 Å². The van der Waals surface area contributed by atoms with E-state index in [-0.39, 0.29) is 12.2 Å². The SMILES string of the molecule is CCOC(CCN1CCc2ccccc2C1=O)OCC. The van der Waals surface area contributed by atoms with Crippen LogP contribution in [0, 0.1) is 0 Å². The first kappa shape index (κ1) is 15.0. The number of hydrogen-bond donors (Lipinski definition) is 0. The highest BCUT2D eigenvalue weighted by atomic mass is 16.7. The van der Waals surface area contributed by atoms with Gasteiger partial charge >= 0.3 is 0 Å². The van der Waals surface area contributed by atoms with Crippen molar-refractivity contribution in [3.63, 3.8) is 0 Å². The quantitative estimate of drug-likeness (QED) is 0.719. The summed E-state index contributed by atoms with van der Waals surface area (Å²) < 4.78 is 11.0. The lowest BCUT2D eigenvalue weighted by Crippen LogP contribution is -2.39. The van der Waals surface area contributed by atoms with Crippen molar-refractivity contribution in [1.82, 2.24) is 4.90 Å². The molecule has 1 aromatic rings. The largest absolute Gasteiger partial charge is 0.353 e. The summed E-state index contributed by atoms with van der Waals surface area (Å²) in [5.74, 6) is 0.124. The van der Waals surface area contributed by atoms with E-state index in [9.17, 15) is 4.79 Å². The summed E-state index contributed by atoms with van der Waals surface area (Å²) >= 11 is 0. The highest BCUT2D eigenvalue weighted by Crippen LogP contribution is 2.19. The molecular formula is C16H23NO3. The highest BCUT2D eigenvalue weighted by Gasteiger charge is 2.24. The predicted molar refractivity (Wildman–Crippen MR) is 77.7 cm³/mol. The number of rotatable bonds is 7. The lowest BCUT2D eigenvalue weighted by molar-refractivity contribution is -0.140. The Bertz CT molecular complexity index is 441. The van der Waals surface area contributed by atoms with Crippen molar-refractivity contribution in [3.8, 4) is 0 Å². The Morgan fingerprint density at radius 1 is 1.20 bits per heavy atom. The summed E-state index contributed by atoms with van der Waals surface area (Å²) in [5.41, 5.74) is 1.99. The molecule has 0 saturated carbocycles. The Morgan fingerprint density at radius 2 is 1.90 bits per heavy atom. The third-order valence-corrected chi connectivity index (χ3v) is 3.53. The van der Waals surface area contributed by atoms with E-state index < -0.39 is 0 Å². The summed E-state index contributed by atoms with van der Waals surface area (Å²) in [5, 5.41) is 0. The zero-order valence-corrected chi connectivity index (χ0v) is 12.3. The van der Waals surface area contributed by atoms with Gasteiger partial charge in [0.05, 0.1) is 0 Å². The summed E-state index contributed by atoms with van der Waals surface area (Å²) in [7, 11) is 0. The zero-order chi connectivity index (χ0) is 14.4. The fourth-order valence-electron chi connectivity index (χ4n) is 2.54. The van der Waals surface area contributed by atoms with Crippen molar-refractivity contribution in [3.05, 3.63) is 35.4 Å². The number of hydrogen-bond acceptors (Lipinski definition) is 3. The second kappa shape index (κ2) is 7.41. The van der Waals surface area contributed by atoms with Gasteiger partial charge in [0, 0.05) is 38.3 Å². The number of fused-ring (bicyclic) bond motifs is 1. The van der Waals surface area contributed by atoms with Gasteiger partial charge in [0.15, 0.2) is 6.29 Å². The first-order chi connectivity index (χ1) is 9.76. The second-order valence-corrected chi connectivity index (χ2v) is 4.83. The maximum absolute atomic E-state index is 12.4. The van der Waals surface area contributed by atoms with Crippen molar-refractivity contribution < 1.29 is 14.3 Å². The van der Waals surface area contributed by atoms with Crippen LogP contribution in [0.1, 0.15) is 36.2 Å². The summed E-state index contributed by atoms with van der Waals surface area (Å²) in [6.07, 6.45) is 1.43. The molecule has 1 amide bonds. The molecule has 20 heavy (non-hydrogen) atoms. The van der Waals surface area contributed by atoms with Gasteiger partial charge < -0.3 is 14.4 Å². The molecule has 0 radical (unpaired) electrons. The fraction of sp³-hybridized carbons (Fsp3) is 0.562. The summed E-state index contributed by atoms with van der Waals surface area (Å²) in [6, 6.07) is 7.85. The van der Waals surface area contributed by atoms with Gasteiger partial charge in [-0.1, -0.05) is 18.2 Å². The minimum atomic E-state index is -0.213. The van der Waals surface area contributed by atoms with Gasteiger partial charge in [-0.25, -0.2) is 0 Å². The van der Waals surface area contributed by atoms with Gasteiger partial charge in [0.1, 0.15) is 0 Å². The maximum atomic E-state index is 12.4. The molecule has 0 fully saturated rings. The van der Waals surface area contributed by atoms with E-state index in [1.54, 1.807) is 0 Å². The van der Waals surface area contributed by atoms with Crippen molar-refractivity contribution in [1.29, 1.82) is 0 Å². The summed E-state index contributed by atoms with van der Waals surface area (Å²) in [4.78, 5) is 14.3. The van der Waals surface area contributed by atoms with Crippen LogP contribution in [-0.4, -0.2) is 43.4 Å². The van der Waals surface area contributed by atoms with Crippen LogP contribution in [0.25, 0.3) is 0 Å². The molecule has 0 atom stereocenters. The zero-order valence-electron chi connectivity index (χ0n) is 12.3. The maximum Gasteiger partial charge on any atom is 0.254 e. The average Bonchev–Trinajstić information content (AvgIpc) is 2.47. The molecule has 1 aliphatic rings. The van der Waals surface area contributed by atoms with E-state index >= 15 is 0 Å². The smallest absolute Gasteiger partial charge is 0.254 e. The lowest BCUT2D eigenvalue weighted by Gasteiger charge is -2.29. The van der Waals surface area contributed by atoms with Crippen LogP contribution in [-0.2, 0) is 15.9 Å². The number of carbonyl (C=O) groups is 1. The molecule has 4 heteroatoms. The van der Waals surface area contributed by atoms with Crippen LogP contribution < -0.4 is 0 Å². The van der Waals surface area contributed by atoms with Gasteiger partial charge in [-0.3, -0.25) is 4.79 Å². The van der Waals surface area contributed by atoms with Crippen LogP contribution in [0.5, 0.6) is 0 Å². The van der Waals surface area contributed by atoms with Crippen molar-refractivity contribution in [2.75, 3.05) is 26.3 Å². The molecule has 0 aliphatic carbocycles. The molecule has 0 bridgehead atoms. The Hall–Kier alpha value is -1.39. The molecular weight excluding hydrogens is 254 g/mol. The number of ether oxygens (including phenoxy) is 2. The molecule has 0 saturated heterocycles. The molecule has 0 N–H and O–H groups in total. The molecule has 2 rings (SSSR count). The van der Waals surface area contributed by atoms with Crippen molar-refractivity contribution in [2.45, 2.75) is 33.0 Å². The number of nitrogens with zero attached hydrogens (tertiary/aromatic N) is 1. The molecule has 4 nitrogen and oxygen atoms in total. The van der Waals surface area contributed by atoms with E-state index in [2.05, 4.69) is 0 Å². The van der Waals surface area contributed by atoms with Crippen LogP contribution in [0.3, 0.4) is 0 Å². The standard InChI is InChI=1S/C16H23NO3/c1-3-19-15(20-4-2)10-12-17-11-9-13-7-5-6-8-14(13)16(17)18/h5-8,15H,3-4,9-12H2,1-2H3. The molecule has 0 aromatic heterocycles. The third-order valence-electron chi connectivity index (χ3n) is 3.53. The van der Waals surface area contributed by atoms with Gasteiger partial charge in [0.2, 0.25) is 0 Å². The number of carbonyl (C=O) groups excluding carboxylic acids is 1. The first-order valence-electron chi connectivity index (χ1n) is 7.36. The number of amides is 1. The van der Waals surface area contributed by atoms with Crippen LogP contribution >= 0.6 is 0 Å². The third kappa shape index (κ3) is 3.58. The molecule has 0 spiro atoms. The average molecular weight is 277 g/mol. The monoisotopic (exact) mass is 277 g/mol. The minimum absolute atomic E-state index is 0.124. The first-order valence-corrected chi connectivity index (χ1v) is 7.36. The van der Waals surface area contributed by atoms with Gasteiger partial charge in [-0.15, -0.1) is 0 Å². The van der Waals surface area contributed by atoms with Gasteiger partial charge in [0.25, 0.3) is 5.91 Å². The van der Waals surface area contributed by atoms with E-state index in [0.717, 1.165) is 30.5 Å². The summed E-state index contributed by atoms with van der Waals surface area (Å²) in [6.45, 7) is 6.62. The minimum Gasteiger partial charge on any atom is -0.353 e. The predicted octanol–water partition coefficient (Wildman–Crippen LogP) is 2.47. The Morgan fingerprint density at radius 3 is 2.60 bits per heavy atom. The van der Waals surface area contributed by atoms with Crippen LogP contribution in [0.15, 0.2) is 24.3 Å². The van der Waals surface area contributed by atoms with E-state index in [4.69, 9.17) is 9.47 Å². The Balaban J connectivity index is 1.93. The van der Waals surface area contributed by atoms with Gasteiger partial charge in [-0.05, 0) is 31.9 Å². The van der Waals surface area contributed by atoms with Crippen LogP contribution in [0.4, 0.5) is 0 Å². The second-order valence-electron chi connectivity index (χ2n) is 4.83. The van der Waals surface area contributed by atoms with Crippen molar-refractivity contribution >= 4 is 5.91 Å². The molecule has 110 valence electrons.